The lowest BCUT2D eigenvalue weighted by Crippen LogP contribution is -2.53. The van der Waals surface area contributed by atoms with Gasteiger partial charge in [-0.2, -0.15) is 0 Å². The topological polar surface area (TPSA) is 60.1 Å². The Balaban J connectivity index is 0.00000240. The molecule has 1 fully saturated rings. The average Bonchev–Trinajstić information content (AvgIpc) is 3.39. The maximum atomic E-state index is 4.93. The molecule has 2 aliphatic heterocycles. The molecule has 0 radical (unpaired) electrons. The van der Waals surface area contributed by atoms with Crippen LogP contribution in [0, 0.1) is 0 Å². The molecule has 0 aliphatic carbocycles. The monoisotopic (exact) mass is 510 g/mol. The largest absolute Gasteiger partial charge is 0.366 e. The van der Waals surface area contributed by atoms with Crippen molar-refractivity contribution in [1.82, 2.24) is 20.3 Å². The molecular weight excluding hydrogens is 479 g/mol. The van der Waals surface area contributed by atoms with Gasteiger partial charge in [-0.25, -0.2) is 0 Å². The van der Waals surface area contributed by atoms with Crippen molar-refractivity contribution in [2.45, 2.75) is 25.9 Å². The molecule has 2 aliphatic rings. The quantitative estimate of drug-likeness (QED) is 0.379. The number of benzene rings is 1. The molecule has 2 aromatic rings. The fraction of sp³-hybridized carbons (Fsp3) is 0.524. The van der Waals surface area contributed by atoms with Crippen LogP contribution in [0.4, 0.5) is 5.69 Å². The summed E-state index contributed by atoms with van der Waals surface area (Å²) in [4.78, 5) is 11.8. The van der Waals surface area contributed by atoms with Gasteiger partial charge in [-0.05, 0) is 25.0 Å². The Labute approximate surface area is 190 Å². The zero-order chi connectivity index (χ0) is 19.3. The molecule has 1 N–H and O–H groups in total. The van der Waals surface area contributed by atoms with E-state index in [1.807, 2.05) is 13.1 Å². The molecule has 1 atom stereocenters. The fourth-order valence-electron chi connectivity index (χ4n) is 4.17. The second-order valence-corrected chi connectivity index (χ2v) is 7.60. The molecular formula is C21H31IN6O. The van der Waals surface area contributed by atoms with E-state index in [1.165, 1.54) is 11.3 Å². The number of aromatic nitrogens is 1. The van der Waals surface area contributed by atoms with Gasteiger partial charge in [0.05, 0.1) is 5.69 Å². The number of halogens is 1. The Morgan fingerprint density at radius 1 is 1.17 bits per heavy atom. The number of para-hydroxylation sites is 1. The van der Waals surface area contributed by atoms with E-state index in [-0.39, 0.29) is 24.0 Å². The van der Waals surface area contributed by atoms with Crippen LogP contribution < -0.4 is 10.2 Å². The molecule has 0 bridgehead atoms. The second kappa shape index (κ2) is 10.3. The molecule has 0 saturated carbocycles. The predicted octanol–water partition coefficient (Wildman–Crippen LogP) is 2.44. The minimum Gasteiger partial charge on any atom is -0.366 e. The molecule has 158 valence electrons. The predicted molar refractivity (Wildman–Crippen MR) is 127 cm³/mol. The highest BCUT2D eigenvalue weighted by Gasteiger charge is 2.24. The van der Waals surface area contributed by atoms with Crippen LogP contribution in [0.15, 0.2) is 46.1 Å². The minimum atomic E-state index is 0. The van der Waals surface area contributed by atoms with Gasteiger partial charge in [0.25, 0.3) is 0 Å². The Hall–Kier alpha value is -1.81. The summed E-state index contributed by atoms with van der Waals surface area (Å²) < 4.78 is 4.93. The van der Waals surface area contributed by atoms with E-state index in [9.17, 15) is 0 Å². The Kier molecular flexibility index (Phi) is 7.77. The summed E-state index contributed by atoms with van der Waals surface area (Å²) in [7, 11) is 1.87. The van der Waals surface area contributed by atoms with E-state index in [4.69, 9.17) is 4.52 Å². The Morgan fingerprint density at radius 2 is 1.97 bits per heavy atom. The normalized spacial score (nSPS) is 18.3. The van der Waals surface area contributed by atoms with Crippen molar-refractivity contribution in [2.24, 2.45) is 4.99 Å². The molecule has 7 nitrogen and oxygen atoms in total. The summed E-state index contributed by atoms with van der Waals surface area (Å²) in [5.74, 6) is 1.00. The van der Waals surface area contributed by atoms with Crippen LogP contribution in [0.5, 0.6) is 0 Å². The fourth-order valence-corrected chi connectivity index (χ4v) is 4.17. The van der Waals surface area contributed by atoms with Gasteiger partial charge < -0.3 is 19.6 Å². The summed E-state index contributed by atoms with van der Waals surface area (Å²) in [6.45, 7) is 9.07. The van der Waals surface area contributed by atoms with Gasteiger partial charge in [-0.3, -0.25) is 9.89 Å². The first-order chi connectivity index (χ1) is 13.7. The van der Waals surface area contributed by atoms with E-state index < -0.39 is 0 Å². The standard InChI is InChI=1S/C21H30N6O.HI/c1-17(27-9-7-18-5-3-4-6-20(18)27)15-23-21(22-2)26-12-10-25(11-13-26)16-19-8-14-28-24-19;/h3-6,8,14,17H,7,9-13,15-16H2,1-2H3,(H,22,23);1H. The summed E-state index contributed by atoms with van der Waals surface area (Å²) in [6.07, 6.45) is 2.78. The smallest absolute Gasteiger partial charge is 0.193 e. The van der Waals surface area contributed by atoms with E-state index in [1.54, 1.807) is 6.26 Å². The summed E-state index contributed by atoms with van der Waals surface area (Å²) in [5.41, 5.74) is 3.84. The highest BCUT2D eigenvalue weighted by Crippen LogP contribution is 2.28. The van der Waals surface area contributed by atoms with Crippen LogP contribution in [-0.4, -0.2) is 73.3 Å². The first-order valence-corrected chi connectivity index (χ1v) is 10.2. The molecule has 1 aromatic carbocycles. The first-order valence-electron chi connectivity index (χ1n) is 10.2. The third kappa shape index (κ3) is 5.22. The molecule has 4 rings (SSSR count). The van der Waals surface area contributed by atoms with Gasteiger partial charge in [0.2, 0.25) is 0 Å². The van der Waals surface area contributed by atoms with Gasteiger partial charge in [0.15, 0.2) is 5.96 Å². The molecule has 1 saturated heterocycles. The highest BCUT2D eigenvalue weighted by molar-refractivity contribution is 14.0. The van der Waals surface area contributed by atoms with Crippen molar-refractivity contribution in [2.75, 3.05) is 51.2 Å². The molecule has 1 aromatic heterocycles. The number of hydrogen-bond donors (Lipinski definition) is 1. The van der Waals surface area contributed by atoms with Crippen molar-refractivity contribution in [3.05, 3.63) is 47.9 Å². The lowest BCUT2D eigenvalue weighted by atomic mass is 10.2. The van der Waals surface area contributed by atoms with Crippen LogP contribution >= 0.6 is 24.0 Å². The van der Waals surface area contributed by atoms with Crippen molar-refractivity contribution in [1.29, 1.82) is 0 Å². The van der Waals surface area contributed by atoms with E-state index in [0.717, 1.165) is 63.9 Å². The number of fused-ring (bicyclic) bond motifs is 1. The van der Waals surface area contributed by atoms with E-state index in [2.05, 4.69) is 61.4 Å². The third-order valence-electron chi connectivity index (χ3n) is 5.77. The zero-order valence-electron chi connectivity index (χ0n) is 17.3. The van der Waals surface area contributed by atoms with Gasteiger partial charge >= 0.3 is 0 Å². The van der Waals surface area contributed by atoms with Crippen molar-refractivity contribution >= 4 is 35.6 Å². The lowest BCUT2D eigenvalue weighted by molar-refractivity contribution is 0.169. The number of piperazine rings is 1. The molecule has 8 heteroatoms. The maximum Gasteiger partial charge on any atom is 0.193 e. The number of guanidine groups is 1. The zero-order valence-corrected chi connectivity index (χ0v) is 19.6. The summed E-state index contributed by atoms with van der Waals surface area (Å²) >= 11 is 0. The van der Waals surface area contributed by atoms with Crippen molar-refractivity contribution < 1.29 is 4.52 Å². The Bertz CT molecular complexity index is 788. The van der Waals surface area contributed by atoms with Gasteiger partial charge in [-0.1, -0.05) is 23.4 Å². The summed E-state index contributed by atoms with van der Waals surface area (Å²) in [6, 6.07) is 11.1. The van der Waals surface area contributed by atoms with Crippen LogP contribution in [0.3, 0.4) is 0 Å². The van der Waals surface area contributed by atoms with Crippen LogP contribution in [0.25, 0.3) is 0 Å². The second-order valence-electron chi connectivity index (χ2n) is 7.60. The number of anilines is 1. The SMILES string of the molecule is CN=C(NCC(C)N1CCc2ccccc21)N1CCN(Cc2ccon2)CC1.I. The van der Waals surface area contributed by atoms with Crippen molar-refractivity contribution in [3.8, 4) is 0 Å². The lowest BCUT2D eigenvalue weighted by Gasteiger charge is -2.37. The van der Waals surface area contributed by atoms with Gasteiger partial charge in [0.1, 0.15) is 6.26 Å². The molecule has 1 unspecified atom stereocenters. The third-order valence-corrected chi connectivity index (χ3v) is 5.77. The number of nitrogens with zero attached hydrogens (tertiary/aromatic N) is 5. The molecule has 29 heavy (non-hydrogen) atoms. The Morgan fingerprint density at radius 3 is 2.69 bits per heavy atom. The van der Waals surface area contributed by atoms with E-state index in [0.29, 0.717) is 6.04 Å². The van der Waals surface area contributed by atoms with Gasteiger partial charge in [-0.15, -0.1) is 24.0 Å². The summed E-state index contributed by atoms with van der Waals surface area (Å²) in [5, 5.41) is 7.61. The van der Waals surface area contributed by atoms with Crippen LogP contribution in [0.1, 0.15) is 18.2 Å². The molecule has 0 spiro atoms. The number of rotatable bonds is 5. The average molecular weight is 510 g/mol. The number of nitrogens with one attached hydrogen (secondary N) is 1. The number of aliphatic imine (C=N–C) groups is 1. The van der Waals surface area contributed by atoms with Crippen molar-refractivity contribution in [3.63, 3.8) is 0 Å². The number of hydrogen-bond acceptors (Lipinski definition) is 5. The maximum absolute atomic E-state index is 4.93. The highest BCUT2D eigenvalue weighted by atomic mass is 127. The minimum absolute atomic E-state index is 0. The van der Waals surface area contributed by atoms with Crippen LogP contribution in [-0.2, 0) is 13.0 Å². The van der Waals surface area contributed by atoms with Gasteiger partial charge in [0, 0.05) is 70.7 Å². The van der Waals surface area contributed by atoms with Crippen LogP contribution in [0.2, 0.25) is 0 Å². The molecule has 0 amide bonds. The first kappa shape index (κ1) is 21.9. The van der Waals surface area contributed by atoms with E-state index >= 15 is 0 Å². The molecule has 3 heterocycles.